The second-order valence-corrected chi connectivity index (χ2v) is 1.79. The van der Waals surface area contributed by atoms with Crippen LogP contribution in [0.4, 0.5) is 0 Å². The summed E-state index contributed by atoms with van der Waals surface area (Å²) in [5.74, 6) is 0.217. The molecule has 0 radical (unpaired) electrons. The van der Waals surface area contributed by atoms with Gasteiger partial charge >= 0.3 is 0 Å². The van der Waals surface area contributed by atoms with Gasteiger partial charge in [-0.15, -0.1) is 0 Å². The first-order chi connectivity index (χ1) is 4.84. The number of likely N-dealkylation sites (N-methyl/N-ethyl adjacent to an activating group) is 1. The maximum Gasteiger partial charge on any atom is 0.213 e. The number of carbonyl (C=O) groups excluding carboxylic acids is 1. The molecule has 0 saturated carbocycles. The largest absolute Gasteiger partial charge is 0.313 e. The quantitative estimate of drug-likeness (QED) is 0.539. The van der Waals surface area contributed by atoms with Gasteiger partial charge in [-0.05, 0) is 7.05 Å². The molecule has 0 saturated heterocycles. The topological polar surface area (TPSA) is 70.7 Å². The zero-order valence-electron chi connectivity index (χ0n) is 5.59. The molecule has 0 aliphatic carbocycles. The van der Waals surface area contributed by atoms with E-state index in [1.807, 2.05) is 0 Å². The Morgan fingerprint density at radius 3 is 3.20 bits per heavy atom. The Hall–Kier alpha value is -1.23. The van der Waals surface area contributed by atoms with E-state index in [4.69, 9.17) is 0 Å². The summed E-state index contributed by atoms with van der Waals surface area (Å²) < 4.78 is 0. The van der Waals surface area contributed by atoms with Gasteiger partial charge in [0, 0.05) is 0 Å². The molecule has 0 aliphatic heterocycles. The van der Waals surface area contributed by atoms with Crippen molar-refractivity contribution in [1.29, 1.82) is 0 Å². The zero-order valence-corrected chi connectivity index (χ0v) is 5.59. The summed E-state index contributed by atoms with van der Waals surface area (Å²) in [6.45, 7) is 0.287. The lowest BCUT2D eigenvalue weighted by Gasteiger charge is -1.91. The maximum atomic E-state index is 10.9. The normalized spacial score (nSPS) is 9.70. The van der Waals surface area contributed by atoms with E-state index in [1.165, 1.54) is 6.33 Å². The number of aromatic amines is 1. The van der Waals surface area contributed by atoms with Gasteiger partial charge in [0.2, 0.25) is 5.78 Å². The van der Waals surface area contributed by atoms with Crippen LogP contribution in [0.2, 0.25) is 0 Å². The average molecular weight is 140 g/mol. The van der Waals surface area contributed by atoms with Crippen LogP contribution in [0.3, 0.4) is 0 Å². The van der Waals surface area contributed by atoms with E-state index in [0.29, 0.717) is 5.82 Å². The number of H-pyrrole nitrogens is 1. The molecule has 0 spiro atoms. The summed E-state index contributed by atoms with van der Waals surface area (Å²) in [7, 11) is 1.70. The predicted octanol–water partition coefficient (Wildman–Crippen LogP) is -0.793. The highest BCUT2D eigenvalue weighted by Crippen LogP contribution is 1.84. The Balaban J connectivity index is 2.59. The summed E-state index contributed by atoms with van der Waals surface area (Å²) in [6, 6.07) is 0. The first-order valence-corrected chi connectivity index (χ1v) is 2.87. The van der Waals surface area contributed by atoms with Crippen LogP contribution in [0.1, 0.15) is 10.6 Å². The Morgan fingerprint density at radius 1 is 1.90 bits per heavy atom. The lowest BCUT2D eigenvalue weighted by Crippen LogP contribution is -2.19. The number of hydrogen-bond donors (Lipinski definition) is 2. The Bertz CT molecular complexity index is 205. The van der Waals surface area contributed by atoms with Crippen LogP contribution in [0.15, 0.2) is 6.33 Å². The Kier molecular flexibility index (Phi) is 2.11. The van der Waals surface area contributed by atoms with Gasteiger partial charge in [-0.2, -0.15) is 5.10 Å². The van der Waals surface area contributed by atoms with E-state index >= 15 is 0 Å². The predicted molar refractivity (Wildman–Crippen MR) is 34.6 cm³/mol. The first kappa shape index (κ1) is 6.88. The molecule has 2 N–H and O–H groups in total. The molecule has 5 heteroatoms. The summed E-state index contributed by atoms with van der Waals surface area (Å²) in [5.41, 5.74) is 0. The molecular weight excluding hydrogens is 132 g/mol. The van der Waals surface area contributed by atoms with Crippen molar-refractivity contribution in [2.24, 2.45) is 0 Å². The zero-order chi connectivity index (χ0) is 7.40. The number of nitrogens with one attached hydrogen (secondary N) is 2. The monoisotopic (exact) mass is 140 g/mol. The van der Waals surface area contributed by atoms with Gasteiger partial charge in [0.15, 0.2) is 5.82 Å². The van der Waals surface area contributed by atoms with E-state index in [9.17, 15) is 4.79 Å². The molecule has 10 heavy (non-hydrogen) atoms. The minimum Gasteiger partial charge on any atom is -0.313 e. The van der Waals surface area contributed by atoms with Crippen molar-refractivity contribution in [3.63, 3.8) is 0 Å². The minimum absolute atomic E-state index is 0.0833. The van der Waals surface area contributed by atoms with E-state index < -0.39 is 0 Å². The van der Waals surface area contributed by atoms with Gasteiger partial charge in [-0.3, -0.25) is 9.89 Å². The number of rotatable bonds is 3. The highest BCUT2D eigenvalue weighted by Gasteiger charge is 2.05. The second-order valence-electron chi connectivity index (χ2n) is 1.79. The fourth-order valence-electron chi connectivity index (χ4n) is 0.584. The number of hydrogen-bond acceptors (Lipinski definition) is 4. The SMILES string of the molecule is CNCC(=O)c1ncn[nH]1. The highest BCUT2D eigenvalue weighted by molar-refractivity contribution is 5.93. The van der Waals surface area contributed by atoms with Crippen molar-refractivity contribution >= 4 is 5.78 Å². The summed E-state index contributed by atoms with van der Waals surface area (Å²) in [6.07, 6.45) is 1.31. The number of carbonyl (C=O) groups is 1. The van der Waals surface area contributed by atoms with Crippen molar-refractivity contribution in [2.75, 3.05) is 13.6 Å². The summed E-state index contributed by atoms with van der Waals surface area (Å²) >= 11 is 0. The van der Waals surface area contributed by atoms with Crippen LogP contribution in [0, 0.1) is 0 Å². The summed E-state index contributed by atoms with van der Waals surface area (Å²) in [4.78, 5) is 14.6. The fraction of sp³-hybridized carbons (Fsp3) is 0.400. The van der Waals surface area contributed by atoms with Crippen LogP contribution < -0.4 is 5.32 Å². The van der Waals surface area contributed by atoms with Gasteiger partial charge in [0.25, 0.3) is 0 Å². The molecule has 5 nitrogen and oxygen atoms in total. The van der Waals surface area contributed by atoms with Crippen LogP contribution in [-0.4, -0.2) is 34.6 Å². The van der Waals surface area contributed by atoms with Crippen molar-refractivity contribution in [3.05, 3.63) is 12.2 Å². The van der Waals surface area contributed by atoms with Gasteiger partial charge in [0.1, 0.15) is 6.33 Å². The molecule has 1 aromatic heterocycles. The lowest BCUT2D eigenvalue weighted by molar-refractivity contribution is 0.0984. The standard InChI is InChI=1S/C5H8N4O/c1-6-2-4(10)5-7-3-8-9-5/h3,6H,2H2,1H3,(H,7,8,9). The number of Topliss-reactive ketones (excluding diaryl/α,β-unsaturated/α-hetero) is 1. The molecule has 0 fully saturated rings. The molecule has 1 aromatic rings. The van der Waals surface area contributed by atoms with Crippen LogP contribution in [0.5, 0.6) is 0 Å². The molecule has 1 rings (SSSR count). The van der Waals surface area contributed by atoms with Gasteiger partial charge in [0.05, 0.1) is 6.54 Å². The minimum atomic E-state index is -0.0833. The molecular formula is C5H8N4O. The van der Waals surface area contributed by atoms with Crippen molar-refractivity contribution < 1.29 is 4.79 Å². The second kappa shape index (κ2) is 3.07. The van der Waals surface area contributed by atoms with Crippen molar-refractivity contribution in [2.45, 2.75) is 0 Å². The van der Waals surface area contributed by atoms with Crippen molar-refractivity contribution in [3.8, 4) is 0 Å². The Labute approximate surface area is 57.9 Å². The first-order valence-electron chi connectivity index (χ1n) is 2.87. The number of nitrogens with zero attached hydrogens (tertiary/aromatic N) is 2. The van der Waals surface area contributed by atoms with E-state index in [0.717, 1.165) is 0 Å². The third-order valence-electron chi connectivity index (χ3n) is 1.02. The maximum absolute atomic E-state index is 10.9. The third-order valence-corrected chi connectivity index (χ3v) is 1.02. The van der Waals surface area contributed by atoms with Crippen molar-refractivity contribution in [1.82, 2.24) is 20.5 Å². The highest BCUT2D eigenvalue weighted by atomic mass is 16.1. The molecule has 0 aliphatic rings. The van der Waals surface area contributed by atoms with Crippen LogP contribution >= 0.6 is 0 Å². The van der Waals surface area contributed by atoms with Crippen LogP contribution in [0.25, 0.3) is 0 Å². The van der Waals surface area contributed by atoms with Gasteiger partial charge in [-0.25, -0.2) is 4.98 Å². The molecule has 0 aromatic carbocycles. The molecule has 0 atom stereocenters. The van der Waals surface area contributed by atoms with E-state index in [1.54, 1.807) is 7.05 Å². The third kappa shape index (κ3) is 1.38. The van der Waals surface area contributed by atoms with Gasteiger partial charge < -0.3 is 5.32 Å². The Morgan fingerprint density at radius 2 is 2.70 bits per heavy atom. The smallest absolute Gasteiger partial charge is 0.213 e. The summed E-state index contributed by atoms with van der Waals surface area (Å²) in [5, 5.41) is 8.73. The molecule has 0 unspecified atom stereocenters. The fourth-order valence-corrected chi connectivity index (χ4v) is 0.584. The average Bonchev–Trinajstić information content (AvgIpc) is 2.38. The molecule has 0 bridgehead atoms. The molecule has 54 valence electrons. The molecule has 0 amide bonds. The van der Waals surface area contributed by atoms with Gasteiger partial charge in [-0.1, -0.05) is 0 Å². The molecule has 1 heterocycles. The van der Waals surface area contributed by atoms with E-state index in [-0.39, 0.29) is 12.3 Å². The van der Waals surface area contributed by atoms with Crippen LogP contribution in [-0.2, 0) is 0 Å². The van der Waals surface area contributed by atoms with E-state index in [2.05, 4.69) is 20.5 Å². The lowest BCUT2D eigenvalue weighted by atomic mass is 10.4. The number of ketones is 1. The number of aromatic nitrogens is 3.